The summed E-state index contributed by atoms with van der Waals surface area (Å²) in [5, 5.41) is 21.7. The zero-order chi connectivity index (χ0) is 45.1. The van der Waals surface area contributed by atoms with Gasteiger partial charge >= 0.3 is 6.09 Å². The van der Waals surface area contributed by atoms with Crippen molar-refractivity contribution in [3.05, 3.63) is 120 Å². The molecule has 2 heterocycles. The Morgan fingerprint density at radius 2 is 1.32 bits per heavy atom. The first-order valence-electron chi connectivity index (χ1n) is 19.3. The van der Waals surface area contributed by atoms with E-state index in [-0.39, 0.29) is 48.1 Å². The number of aromatic nitrogens is 6. The molecule has 1 amide bonds. The van der Waals surface area contributed by atoms with Crippen molar-refractivity contribution in [3.8, 4) is 39.8 Å². The average Bonchev–Trinajstić information content (AvgIpc) is 3.89. The van der Waals surface area contributed by atoms with Crippen LogP contribution in [0, 0.1) is 0 Å². The predicted octanol–water partition coefficient (Wildman–Crippen LogP) is 6.34. The van der Waals surface area contributed by atoms with Gasteiger partial charge in [-0.2, -0.15) is 9.10 Å². The van der Waals surface area contributed by atoms with Gasteiger partial charge in [0.2, 0.25) is 31.8 Å². The van der Waals surface area contributed by atoms with Crippen LogP contribution in [-0.2, 0) is 44.4 Å². The molecule has 2 aromatic heterocycles. The number of primary sulfonamides is 1. The van der Waals surface area contributed by atoms with Gasteiger partial charge in [-0.3, -0.25) is 5.32 Å². The Labute approximate surface area is 364 Å². The van der Waals surface area contributed by atoms with Gasteiger partial charge in [0, 0.05) is 18.7 Å². The first-order chi connectivity index (χ1) is 29.9. The Bertz CT molecular complexity index is 2940. The van der Waals surface area contributed by atoms with Gasteiger partial charge in [0.15, 0.2) is 0 Å². The van der Waals surface area contributed by atoms with Gasteiger partial charge < -0.3 is 23.9 Å². The number of fused-ring (bicyclic) bond motifs is 1. The van der Waals surface area contributed by atoms with E-state index < -0.39 is 41.5 Å². The minimum absolute atomic E-state index is 0.0379. The maximum Gasteiger partial charge on any atom is 0.414 e. The van der Waals surface area contributed by atoms with Crippen molar-refractivity contribution < 1.29 is 40.6 Å². The number of carbonyl (C=O) groups is 1. The normalized spacial score (nSPS) is 12.1. The maximum absolute atomic E-state index is 15.7. The monoisotopic (exact) mass is 895 g/mol. The zero-order valence-electron chi connectivity index (χ0n) is 35.2. The van der Waals surface area contributed by atoms with Crippen molar-refractivity contribution in [2.45, 2.75) is 55.8 Å². The minimum Gasteiger partial charge on any atom is -0.497 e. The standard InChI is InChI=1S/C43H45N9O9S2/c1-43(2,3)61-42(53)47-41-45-35-9-7-8-34(38(35)46-41)33-22-23-36(62(44,54)55)39(37(33)40-48-50-52(49-40)26-29-14-20-32(60-6)21-15-29)63(56,57)51(24-27-10-16-30(58-4)17-11-27)25-28-12-18-31(59-5)19-13-28/h7-23H,24-26H2,1-6H3,(H2,44,54,55)(H2,45,46,47,53). The number of benzene rings is 5. The van der Waals surface area contributed by atoms with Crippen LogP contribution in [0.15, 0.2) is 113 Å². The van der Waals surface area contributed by atoms with E-state index in [0.717, 1.165) is 15.9 Å². The third-order valence-corrected chi connectivity index (χ3v) is 12.6. The second-order valence-electron chi connectivity index (χ2n) is 15.2. The summed E-state index contributed by atoms with van der Waals surface area (Å²) in [6.45, 7) is 4.85. The molecular weight excluding hydrogens is 851 g/mol. The summed E-state index contributed by atoms with van der Waals surface area (Å²) in [6, 6.07) is 28.4. The number of nitrogens with two attached hydrogens (primary N) is 1. The van der Waals surface area contributed by atoms with Gasteiger partial charge in [0.05, 0.1) is 44.5 Å². The Kier molecular flexibility index (Phi) is 12.5. The molecule has 0 bridgehead atoms. The molecule has 20 heteroatoms. The number of nitrogens with zero attached hydrogens (tertiary/aromatic N) is 6. The van der Waals surface area contributed by atoms with Gasteiger partial charge in [-0.25, -0.2) is 31.8 Å². The summed E-state index contributed by atoms with van der Waals surface area (Å²) in [5.74, 6) is 1.55. The fourth-order valence-corrected chi connectivity index (χ4v) is 9.69. The molecule has 63 heavy (non-hydrogen) atoms. The number of amides is 1. The summed E-state index contributed by atoms with van der Waals surface area (Å²) in [6.07, 6.45) is -0.763. The molecule has 328 valence electrons. The number of rotatable bonds is 15. The number of para-hydroxylation sites is 1. The van der Waals surface area contributed by atoms with E-state index in [1.54, 1.807) is 107 Å². The minimum atomic E-state index is -4.91. The van der Waals surface area contributed by atoms with Crippen LogP contribution >= 0.6 is 0 Å². The average molecular weight is 896 g/mol. The third kappa shape index (κ3) is 10.1. The van der Waals surface area contributed by atoms with Gasteiger partial charge in [-0.05, 0) is 96.8 Å². The Hall–Kier alpha value is -6.87. The highest BCUT2D eigenvalue weighted by molar-refractivity contribution is 7.92. The number of tetrazole rings is 1. The van der Waals surface area contributed by atoms with E-state index in [1.807, 2.05) is 12.1 Å². The van der Waals surface area contributed by atoms with E-state index in [1.165, 1.54) is 25.1 Å². The van der Waals surface area contributed by atoms with Crippen molar-refractivity contribution in [2.75, 3.05) is 26.6 Å². The third-order valence-electron chi connectivity index (χ3n) is 9.64. The molecule has 0 radical (unpaired) electrons. The van der Waals surface area contributed by atoms with Gasteiger partial charge in [0.25, 0.3) is 0 Å². The van der Waals surface area contributed by atoms with E-state index in [4.69, 9.17) is 24.1 Å². The van der Waals surface area contributed by atoms with Crippen LogP contribution in [-0.4, -0.2) is 84.3 Å². The number of anilines is 1. The molecule has 0 atom stereocenters. The lowest BCUT2D eigenvalue weighted by atomic mass is 9.98. The fraction of sp³-hybridized carbons (Fsp3) is 0.233. The number of sulfonamides is 2. The molecule has 0 saturated carbocycles. The molecule has 0 aliphatic carbocycles. The first kappa shape index (κ1) is 44.2. The number of ether oxygens (including phenoxy) is 4. The van der Waals surface area contributed by atoms with Gasteiger partial charge in [-0.15, -0.1) is 10.2 Å². The summed E-state index contributed by atoms with van der Waals surface area (Å²) in [7, 11) is -5.10. The fourth-order valence-electron chi connectivity index (χ4n) is 6.73. The molecule has 7 aromatic rings. The maximum atomic E-state index is 15.7. The lowest BCUT2D eigenvalue weighted by Crippen LogP contribution is -2.32. The molecule has 0 unspecified atom stereocenters. The number of hydrogen-bond acceptors (Lipinski definition) is 13. The summed E-state index contributed by atoms with van der Waals surface area (Å²) >= 11 is 0. The molecule has 5 aromatic carbocycles. The molecular formula is C43H45N9O9S2. The van der Waals surface area contributed by atoms with Crippen LogP contribution in [0.4, 0.5) is 10.7 Å². The zero-order valence-corrected chi connectivity index (χ0v) is 36.8. The van der Waals surface area contributed by atoms with Crippen molar-refractivity contribution in [2.24, 2.45) is 5.14 Å². The van der Waals surface area contributed by atoms with Crippen molar-refractivity contribution in [3.63, 3.8) is 0 Å². The Morgan fingerprint density at radius 1 is 0.762 bits per heavy atom. The molecule has 0 saturated heterocycles. The molecule has 4 N–H and O–H groups in total. The summed E-state index contributed by atoms with van der Waals surface area (Å²) < 4.78 is 81.2. The van der Waals surface area contributed by atoms with Gasteiger partial charge in [0.1, 0.15) is 32.6 Å². The Balaban J connectivity index is 1.46. The second-order valence-corrected chi connectivity index (χ2v) is 18.6. The largest absolute Gasteiger partial charge is 0.497 e. The molecule has 18 nitrogen and oxygen atoms in total. The van der Waals surface area contributed by atoms with Crippen LogP contribution in [0.1, 0.15) is 37.5 Å². The van der Waals surface area contributed by atoms with Crippen LogP contribution < -0.4 is 24.7 Å². The van der Waals surface area contributed by atoms with Crippen molar-refractivity contribution in [1.29, 1.82) is 0 Å². The van der Waals surface area contributed by atoms with Crippen LogP contribution in [0.2, 0.25) is 0 Å². The van der Waals surface area contributed by atoms with E-state index in [2.05, 4.69) is 30.7 Å². The van der Waals surface area contributed by atoms with E-state index in [0.29, 0.717) is 39.5 Å². The van der Waals surface area contributed by atoms with E-state index in [9.17, 15) is 13.2 Å². The molecule has 7 rings (SSSR count). The number of nitrogens with one attached hydrogen (secondary N) is 2. The highest BCUT2D eigenvalue weighted by Crippen LogP contribution is 2.43. The quantitative estimate of drug-likeness (QED) is 0.102. The topological polar surface area (TPSA) is 236 Å². The van der Waals surface area contributed by atoms with Crippen LogP contribution in [0.25, 0.3) is 33.5 Å². The lowest BCUT2D eigenvalue weighted by Gasteiger charge is -2.26. The van der Waals surface area contributed by atoms with E-state index >= 15 is 8.42 Å². The highest BCUT2D eigenvalue weighted by Gasteiger charge is 2.37. The van der Waals surface area contributed by atoms with Gasteiger partial charge in [-0.1, -0.05) is 54.6 Å². The molecule has 0 aliphatic rings. The smallest absolute Gasteiger partial charge is 0.414 e. The lowest BCUT2D eigenvalue weighted by molar-refractivity contribution is 0.0634. The number of imidazole rings is 1. The van der Waals surface area contributed by atoms with Crippen molar-refractivity contribution in [1.82, 2.24) is 34.5 Å². The summed E-state index contributed by atoms with van der Waals surface area (Å²) in [4.78, 5) is 20.3. The Morgan fingerprint density at radius 3 is 1.84 bits per heavy atom. The molecule has 0 spiro atoms. The predicted molar refractivity (Wildman–Crippen MR) is 234 cm³/mol. The van der Waals surface area contributed by atoms with Crippen LogP contribution in [0.5, 0.6) is 17.2 Å². The van der Waals surface area contributed by atoms with Crippen molar-refractivity contribution >= 4 is 43.1 Å². The second kappa shape index (κ2) is 17.8. The highest BCUT2D eigenvalue weighted by atomic mass is 32.2. The number of H-pyrrole nitrogens is 1. The first-order valence-corrected chi connectivity index (χ1v) is 22.3. The number of hydrogen-bond donors (Lipinski definition) is 3. The molecule has 0 aliphatic heterocycles. The number of aromatic amines is 1. The summed E-state index contributed by atoms with van der Waals surface area (Å²) in [5.41, 5.74) is 2.12. The van der Waals surface area contributed by atoms with Crippen LogP contribution in [0.3, 0.4) is 0 Å². The number of carbonyl (C=O) groups excluding carboxylic acids is 1. The molecule has 0 fully saturated rings. The SMILES string of the molecule is COc1ccc(CN(Cc2ccc(OC)cc2)S(=O)(=O)c2c(S(N)(=O)=O)ccc(-c3cccc4[nH]c(NC(=O)OC(C)(C)C)nc34)c2-c2nnn(Cc3ccc(OC)cc3)n2)cc1. The number of methoxy groups -OCH3 is 3.